The number of amides is 1. The van der Waals surface area contributed by atoms with Crippen LogP contribution in [-0.2, 0) is 14.8 Å². The fourth-order valence-corrected chi connectivity index (χ4v) is 5.15. The van der Waals surface area contributed by atoms with E-state index in [-0.39, 0.29) is 17.3 Å². The van der Waals surface area contributed by atoms with Gasteiger partial charge in [-0.3, -0.25) is 4.79 Å². The molecule has 0 aromatic heterocycles. The Hall–Kier alpha value is -1.60. The zero-order chi connectivity index (χ0) is 19.6. The molecule has 0 saturated carbocycles. The van der Waals surface area contributed by atoms with Gasteiger partial charge in [-0.25, -0.2) is 8.42 Å². The van der Waals surface area contributed by atoms with Crippen LogP contribution in [-0.4, -0.2) is 31.7 Å². The maximum Gasteiger partial charge on any atom is 0.243 e. The van der Waals surface area contributed by atoms with Gasteiger partial charge in [0, 0.05) is 28.8 Å². The highest BCUT2D eigenvalue weighted by atomic mass is 35.5. The standard InChI is InChI=1S/C19H20Cl2N2O3S/c1-13-4-6-18(7-5-13)27(25,26)23-8-2-3-14(12-23)19(24)22-17-10-15(20)9-16(21)11-17/h4-7,9-11,14H,2-3,8,12H2,1H3,(H,22,24)/t14-/m0/s1. The highest BCUT2D eigenvalue weighted by molar-refractivity contribution is 7.89. The van der Waals surface area contributed by atoms with Crippen LogP contribution in [0.1, 0.15) is 18.4 Å². The number of carbonyl (C=O) groups excluding carboxylic acids is 1. The lowest BCUT2D eigenvalue weighted by Crippen LogP contribution is -2.43. The summed E-state index contributed by atoms with van der Waals surface area (Å²) in [4.78, 5) is 12.9. The van der Waals surface area contributed by atoms with Crippen LogP contribution in [0.4, 0.5) is 5.69 Å². The number of sulfonamides is 1. The SMILES string of the molecule is Cc1ccc(S(=O)(=O)N2CCC[C@H](C(=O)Nc3cc(Cl)cc(Cl)c3)C2)cc1. The van der Waals surface area contributed by atoms with Crippen molar-refractivity contribution in [1.29, 1.82) is 0 Å². The average Bonchev–Trinajstić information content (AvgIpc) is 2.61. The third kappa shape index (κ3) is 4.82. The first-order valence-electron chi connectivity index (χ1n) is 8.59. The predicted molar refractivity (Wildman–Crippen MR) is 108 cm³/mol. The lowest BCUT2D eigenvalue weighted by Gasteiger charge is -2.31. The molecule has 8 heteroatoms. The molecule has 144 valence electrons. The number of piperidine rings is 1. The van der Waals surface area contributed by atoms with Gasteiger partial charge in [-0.15, -0.1) is 0 Å². The maximum atomic E-state index is 12.9. The number of nitrogens with zero attached hydrogens (tertiary/aromatic N) is 1. The average molecular weight is 427 g/mol. The number of aryl methyl sites for hydroxylation is 1. The van der Waals surface area contributed by atoms with Gasteiger partial charge in [-0.1, -0.05) is 40.9 Å². The number of halogens is 2. The van der Waals surface area contributed by atoms with Crippen LogP contribution in [0.5, 0.6) is 0 Å². The van der Waals surface area contributed by atoms with Crippen LogP contribution in [0.2, 0.25) is 10.0 Å². The number of hydrogen-bond donors (Lipinski definition) is 1. The van der Waals surface area contributed by atoms with Crippen molar-refractivity contribution in [3.63, 3.8) is 0 Å². The molecule has 1 fully saturated rings. The van der Waals surface area contributed by atoms with Gasteiger partial charge in [0.25, 0.3) is 0 Å². The van der Waals surface area contributed by atoms with Gasteiger partial charge in [0.2, 0.25) is 15.9 Å². The molecule has 1 amide bonds. The summed E-state index contributed by atoms with van der Waals surface area (Å²) in [6.45, 7) is 2.46. The molecule has 0 spiro atoms. The van der Waals surface area contributed by atoms with E-state index in [1.54, 1.807) is 42.5 Å². The van der Waals surface area contributed by atoms with Gasteiger partial charge < -0.3 is 5.32 Å². The summed E-state index contributed by atoms with van der Waals surface area (Å²) in [5, 5.41) is 3.63. The van der Waals surface area contributed by atoms with E-state index >= 15 is 0 Å². The van der Waals surface area contributed by atoms with Crippen molar-refractivity contribution < 1.29 is 13.2 Å². The van der Waals surface area contributed by atoms with Crippen LogP contribution >= 0.6 is 23.2 Å². The fourth-order valence-electron chi connectivity index (χ4n) is 3.10. The Balaban J connectivity index is 1.73. The highest BCUT2D eigenvalue weighted by Gasteiger charge is 2.33. The Labute approximate surface area is 169 Å². The molecule has 0 aliphatic carbocycles. The first kappa shape index (κ1) is 20.1. The van der Waals surface area contributed by atoms with Gasteiger partial charge in [0.05, 0.1) is 10.8 Å². The van der Waals surface area contributed by atoms with E-state index in [4.69, 9.17) is 23.2 Å². The molecule has 27 heavy (non-hydrogen) atoms. The largest absolute Gasteiger partial charge is 0.326 e. The number of hydrogen-bond acceptors (Lipinski definition) is 3. The molecule has 1 heterocycles. The third-order valence-electron chi connectivity index (χ3n) is 4.54. The third-order valence-corrected chi connectivity index (χ3v) is 6.86. The van der Waals surface area contributed by atoms with E-state index in [9.17, 15) is 13.2 Å². The first-order chi connectivity index (χ1) is 12.8. The minimum atomic E-state index is -3.62. The quantitative estimate of drug-likeness (QED) is 0.790. The Bertz CT molecular complexity index is 926. The van der Waals surface area contributed by atoms with E-state index in [0.717, 1.165) is 5.56 Å². The summed E-state index contributed by atoms with van der Waals surface area (Å²) in [7, 11) is -3.62. The smallest absolute Gasteiger partial charge is 0.243 e. The molecule has 2 aromatic carbocycles. The Morgan fingerprint density at radius 1 is 1.11 bits per heavy atom. The van der Waals surface area contributed by atoms with Crippen LogP contribution in [0.3, 0.4) is 0 Å². The molecule has 2 aromatic rings. The molecule has 1 aliphatic heterocycles. The summed E-state index contributed by atoms with van der Waals surface area (Å²) in [5.41, 5.74) is 1.49. The number of benzene rings is 2. The van der Waals surface area contributed by atoms with E-state index in [0.29, 0.717) is 35.1 Å². The highest BCUT2D eigenvalue weighted by Crippen LogP contribution is 2.27. The van der Waals surface area contributed by atoms with E-state index in [1.807, 2.05) is 6.92 Å². The first-order valence-corrected chi connectivity index (χ1v) is 10.8. The normalized spacial score (nSPS) is 18.3. The fraction of sp³-hybridized carbons (Fsp3) is 0.316. The molecule has 1 saturated heterocycles. The molecule has 5 nitrogen and oxygen atoms in total. The molecule has 0 bridgehead atoms. The lowest BCUT2D eigenvalue weighted by molar-refractivity contribution is -0.120. The van der Waals surface area contributed by atoms with Crippen molar-refractivity contribution >= 4 is 44.8 Å². The van der Waals surface area contributed by atoms with Crippen LogP contribution < -0.4 is 5.32 Å². The minimum absolute atomic E-state index is 0.149. The monoisotopic (exact) mass is 426 g/mol. The zero-order valence-electron chi connectivity index (χ0n) is 14.8. The molecular weight excluding hydrogens is 407 g/mol. The summed E-state index contributed by atoms with van der Waals surface area (Å²) >= 11 is 11.9. The summed E-state index contributed by atoms with van der Waals surface area (Å²) in [6.07, 6.45) is 1.25. The van der Waals surface area contributed by atoms with Gasteiger partial charge >= 0.3 is 0 Å². The zero-order valence-corrected chi connectivity index (χ0v) is 17.1. The van der Waals surface area contributed by atoms with Gasteiger partial charge in [0.15, 0.2) is 0 Å². The molecule has 0 unspecified atom stereocenters. The molecule has 3 rings (SSSR count). The van der Waals surface area contributed by atoms with Gasteiger partial charge in [0.1, 0.15) is 0 Å². The molecule has 1 aliphatic rings. The topological polar surface area (TPSA) is 66.5 Å². The van der Waals surface area contributed by atoms with Crippen molar-refractivity contribution in [1.82, 2.24) is 4.31 Å². The van der Waals surface area contributed by atoms with Gasteiger partial charge in [-0.2, -0.15) is 4.31 Å². The number of anilines is 1. The molecule has 0 radical (unpaired) electrons. The summed E-state index contributed by atoms with van der Waals surface area (Å²) in [5.74, 6) is -0.672. The Kier molecular flexibility index (Phi) is 6.11. The second-order valence-corrected chi connectivity index (χ2v) is 9.47. The van der Waals surface area contributed by atoms with Crippen molar-refractivity contribution in [2.24, 2.45) is 5.92 Å². The molecule has 1 atom stereocenters. The molecular formula is C19H20Cl2N2O3S. The van der Waals surface area contributed by atoms with E-state index in [1.165, 1.54) is 4.31 Å². The Morgan fingerprint density at radius 3 is 2.37 bits per heavy atom. The van der Waals surface area contributed by atoms with Crippen molar-refractivity contribution in [2.45, 2.75) is 24.7 Å². The second kappa shape index (κ2) is 8.19. The number of carbonyl (C=O) groups is 1. The summed E-state index contributed by atoms with van der Waals surface area (Å²) < 4.78 is 27.1. The van der Waals surface area contributed by atoms with Crippen LogP contribution in [0.25, 0.3) is 0 Å². The van der Waals surface area contributed by atoms with Crippen LogP contribution in [0, 0.1) is 12.8 Å². The molecule has 1 N–H and O–H groups in total. The second-order valence-electron chi connectivity index (χ2n) is 6.66. The Morgan fingerprint density at radius 2 is 1.74 bits per heavy atom. The lowest BCUT2D eigenvalue weighted by atomic mass is 9.99. The van der Waals surface area contributed by atoms with Crippen LogP contribution in [0.15, 0.2) is 47.4 Å². The minimum Gasteiger partial charge on any atom is -0.326 e. The van der Waals surface area contributed by atoms with Gasteiger partial charge in [-0.05, 0) is 50.1 Å². The van der Waals surface area contributed by atoms with E-state index in [2.05, 4.69) is 5.32 Å². The van der Waals surface area contributed by atoms with E-state index < -0.39 is 15.9 Å². The van der Waals surface area contributed by atoms with Crippen molar-refractivity contribution in [3.05, 3.63) is 58.1 Å². The predicted octanol–water partition coefficient (Wildman–Crippen LogP) is 4.34. The summed E-state index contributed by atoms with van der Waals surface area (Å²) in [6, 6.07) is 11.5. The van der Waals surface area contributed by atoms with Crippen molar-refractivity contribution in [3.8, 4) is 0 Å². The van der Waals surface area contributed by atoms with Crippen molar-refractivity contribution in [2.75, 3.05) is 18.4 Å². The number of rotatable bonds is 4. The maximum absolute atomic E-state index is 12.9. The number of nitrogens with one attached hydrogen (secondary N) is 1.